The molecule has 23 heavy (non-hydrogen) atoms. The highest BCUT2D eigenvalue weighted by Gasteiger charge is 2.32. The van der Waals surface area contributed by atoms with E-state index in [1.807, 2.05) is 0 Å². The second kappa shape index (κ2) is 6.76. The van der Waals surface area contributed by atoms with Gasteiger partial charge in [0.15, 0.2) is 0 Å². The lowest BCUT2D eigenvalue weighted by molar-refractivity contribution is -0.157. The first-order valence-electron chi connectivity index (χ1n) is 6.10. The van der Waals surface area contributed by atoms with Crippen LogP contribution in [0, 0.1) is 11.3 Å². The number of alkyl halides is 6. The molecule has 0 aliphatic heterocycles. The van der Waals surface area contributed by atoms with Crippen LogP contribution in [-0.2, 0) is 11.0 Å². The quantitative estimate of drug-likeness (QED) is 0.858. The van der Waals surface area contributed by atoms with E-state index in [0.29, 0.717) is 17.0 Å². The van der Waals surface area contributed by atoms with Crippen LogP contribution in [0.2, 0.25) is 0 Å². The Bertz CT molecular complexity index is 618. The van der Waals surface area contributed by atoms with E-state index in [1.165, 1.54) is 6.07 Å². The van der Waals surface area contributed by atoms with Gasteiger partial charge in [-0.3, -0.25) is 4.79 Å². The number of hydrogen-bond acceptors (Lipinski definition) is 3. The molecule has 0 radical (unpaired) electrons. The van der Waals surface area contributed by atoms with Crippen LogP contribution in [0.5, 0.6) is 0 Å². The Morgan fingerprint density at radius 1 is 1.26 bits per heavy atom. The number of nitrogens with one attached hydrogen (secondary N) is 1. The number of carbonyl (C=O) groups excluding carboxylic acids is 1. The molecule has 126 valence electrons. The number of carbonyl (C=O) groups is 1. The minimum atomic E-state index is -4.63. The van der Waals surface area contributed by atoms with Gasteiger partial charge in [0.05, 0.1) is 23.4 Å². The molecule has 1 N–H and O–H groups in total. The van der Waals surface area contributed by atoms with E-state index in [0.717, 1.165) is 13.1 Å². The molecule has 0 heterocycles. The van der Waals surface area contributed by atoms with E-state index < -0.39 is 36.9 Å². The lowest BCUT2D eigenvalue weighted by Gasteiger charge is -2.19. The molecule has 0 aliphatic carbocycles. The van der Waals surface area contributed by atoms with E-state index in [4.69, 9.17) is 5.26 Å². The van der Waals surface area contributed by atoms with Crippen molar-refractivity contribution in [3.63, 3.8) is 0 Å². The zero-order valence-corrected chi connectivity index (χ0v) is 11.7. The summed E-state index contributed by atoms with van der Waals surface area (Å²) in [5.74, 6) is -0.925. The standard InChI is InChI=1S/C13H11F6N3O/c1-22(7-12(14,15)16)11(23)6-21-10-3-2-9(13(17,18)19)4-8(10)5-20/h2-4,21H,6-7H2,1H3. The van der Waals surface area contributed by atoms with Crippen molar-refractivity contribution in [3.8, 4) is 6.07 Å². The topological polar surface area (TPSA) is 56.1 Å². The average molecular weight is 339 g/mol. The van der Waals surface area contributed by atoms with Gasteiger partial charge in [-0.25, -0.2) is 0 Å². The van der Waals surface area contributed by atoms with Crippen LogP contribution in [0.1, 0.15) is 11.1 Å². The van der Waals surface area contributed by atoms with Gasteiger partial charge in [0.2, 0.25) is 5.91 Å². The summed E-state index contributed by atoms with van der Waals surface area (Å²) in [7, 11) is 0.940. The Labute approximate surface area is 127 Å². The summed E-state index contributed by atoms with van der Waals surface area (Å²) >= 11 is 0. The normalized spacial score (nSPS) is 11.7. The van der Waals surface area contributed by atoms with E-state index in [9.17, 15) is 31.1 Å². The largest absolute Gasteiger partial charge is 0.416 e. The summed E-state index contributed by atoms with van der Waals surface area (Å²) in [4.78, 5) is 11.9. The summed E-state index contributed by atoms with van der Waals surface area (Å²) in [6.45, 7) is -2.04. The molecule has 0 saturated heterocycles. The fraction of sp³-hybridized carbons (Fsp3) is 0.385. The lowest BCUT2D eigenvalue weighted by atomic mass is 10.1. The van der Waals surface area contributed by atoms with Crippen molar-refractivity contribution in [2.24, 2.45) is 0 Å². The number of hydrogen-bond donors (Lipinski definition) is 1. The fourth-order valence-electron chi connectivity index (χ4n) is 1.63. The second-order valence-electron chi connectivity index (χ2n) is 4.59. The second-order valence-corrected chi connectivity index (χ2v) is 4.59. The van der Waals surface area contributed by atoms with Crippen molar-refractivity contribution < 1.29 is 31.1 Å². The van der Waals surface area contributed by atoms with Gasteiger partial charge in [-0.2, -0.15) is 31.6 Å². The molecule has 10 heteroatoms. The van der Waals surface area contributed by atoms with Gasteiger partial charge in [0, 0.05) is 7.05 Å². The van der Waals surface area contributed by atoms with Crippen molar-refractivity contribution in [2.75, 3.05) is 25.5 Å². The van der Waals surface area contributed by atoms with Crippen LogP contribution in [0.3, 0.4) is 0 Å². The maximum absolute atomic E-state index is 12.5. The predicted molar refractivity (Wildman–Crippen MR) is 68.3 cm³/mol. The molecule has 0 saturated carbocycles. The average Bonchev–Trinajstić information content (AvgIpc) is 2.41. The van der Waals surface area contributed by atoms with Crippen LogP contribution < -0.4 is 5.32 Å². The van der Waals surface area contributed by atoms with Gasteiger partial charge >= 0.3 is 12.4 Å². The first-order chi connectivity index (χ1) is 10.4. The number of nitrogens with zero attached hydrogens (tertiary/aromatic N) is 2. The van der Waals surface area contributed by atoms with E-state index in [-0.39, 0.29) is 11.3 Å². The Kier molecular flexibility index (Phi) is 5.47. The van der Waals surface area contributed by atoms with Gasteiger partial charge in [0.1, 0.15) is 12.6 Å². The van der Waals surface area contributed by atoms with Crippen molar-refractivity contribution in [1.29, 1.82) is 5.26 Å². The number of likely N-dealkylation sites (N-methyl/N-ethyl adjacent to an activating group) is 1. The molecular formula is C13H11F6N3O. The smallest absolute Gasteiger partial charge is 0.375 e. The van der Waals surface area contributed by atoms with Crippen LogP contribution in [0.4, 0.5) is 32.0 Å². The molecule has 1 aromatic carbocycles. The molecule has 0 aliphatic rings. The van der Waals surface area contributed by atoms with Gasteiger partial charge in [-0.05, 0) is 18.2 Å². The first-order valence-corrected chi connectivity index (χ1v) is 6.10. The first kappa shape index (κ1) is 18.6. The molecular weight excluding hydrogens is 328 g/mol. The highest BCUT2D eigenvalue weighted by Crippen LogP contribution is 2.31. The molecule has 1 rings (SSSR count). The van der Waals surface area contributed by atoms with Gasteiger partial charge in [-0.15, -0.1) is 0 Å². The predicted octanol–water partition coefficient (Wildman–Crippen LogP) is 3.01. The number of amides is 1. The maximum atomic E-state index is 12.5. The number of halogens is 6. The van der Waals surface area contributed by atoms with Crippen molar-refractivity contribution in [2.45, 2.75) is 12.4 Å². The Morgan fingerprint density at radius 2 is 1.87 bits per heavy atom. The van der Waals surface area contributed by atoms with Gasteiger partial charge < -0.3 is 10.2 Å². The van der Waals surface area contributed by atoms with Crippen LogP contribution in [0.25, 0.3) is 0 Å². The maximum Gasteiger partial charge on any atom is 0.416 e. The molecule has 4 nitrogen and oxygen atoms in total. The molecule has 0 aromatic heterocycles. The summed E-state index contributed by atoms with van der Waals surface area (Å²) in [5.41, 5.74) is -1.49. The molecule has 1 aromatic rings. The molecule has 1 amide bonds. The monoisotopic (exact) mass is 339 g/mol. The molecule has 0 fully saturated rings. The summed E-state index contributed by atoms with van der Waals surface area (Å²) in [5, 5.41) is 11.2. The van der Waals surface area contributed by atoms with Crippen molar-refractivity contribution in [1.82, 2.24) is 4.90 Å². The Balaban J connectivity index is 2.79. The van der Waals surface area contributed by atoms with Crippen LogP contribution >= 0.6 is 0 Å². The number of anilines is 1. The molecule has 0 bridgehead atoms. The third-order valence-electron chi connectivity index (χ3n) is 2.74. The molecule has 0 spiro atoms. The summed E-state index contributed by atoms with van der Waals surface area (Å²) in [6.07, 6.45) is -9.19. The minimum Gasteiger partial charge on any atom is -0.375 e. The Morgan fingerprint density at radius 3 is 2.35 bits per heavy atom. The van der Waals surface area contributed by atoms with Crippen molar-refractivity contribution >= 4 is 11.6 Å². The SMILES string of the molecule is CN(CC(F)(F)F)C(=O)CNc1ccc(C(F)(F)F)cc1C#N. The zero-order chi connectivity index (χ0) is 17.8. The fourth-order valence-corrected chi connectivity index (χ4v) is 1.63. The number of rotatable bonds is 4. The van der Waals surface area contributed by atoms with Crippen LogP contribution in [0.15, 0.2) is 18.2 Å². The van der Waals surface area contributed by atoms with E-state index in [1.54, 1.807) is 0 Å². The number of nitriles is 1. The minimum absolute atomic E-state index is 0.0748. The zero-order valence-electron chi connectivity index (χ0n) is 11.7. The van der Waals surface area contributed by atoms with Gasteiger partial charge in [0.25, 0.3) is 0 Å². The lowest BCUT2D eigenvalue weighted by Crippen LogP contribution is -2.39. The number of benzene rings is 1. The molecule has 0 atom stereocenters. The van der Waals surface area contributed by atoms with Crippen molar-refractivity contribution in [3.05, 3.63) is 29.3 Å². The highest BCUT2D eigenvalue weighted by molar-refractivity contribution is 5.81. The van der Waals surface area contributed by atoms with Gasteiger partial charge in [-0.1, -0.05) is 0 Å². The summed E-state index contributed by atoms with van der Waals surface area (Å²) < 4.78 is 74.0. The van der Waals surface area contributed by atoms with Crippen LogP contribution in [-0.4, -0.2) is 37.1 Å². The van der Waals surface area contributed by atoms with E-state index >= 15 is 0 Å². The summed E-state index contributed by atoms with van der Waals surface area (Å²) in [6, 6.07) is 3.77. The third-order valence-corrected chi connectivity index (χ3v) is 2.74. The molecule has 0 unspecified atom stereocenters. The third kappa shape index (κ3) is 5.69. The highest BCUT2D eigenvalue weighted by atomic mass is 19.4. The van der Waals surface area contributed by atoms with E-state index in [2.05, 4.69) is 5.32 Å². The Hall–Kier alpha value is -2.44.